The van der Waals surface area contributed by atoms with E-state index in [0.717, 1.165) is 17.0 Å². The molecule has 0 unspecified atom stereocenters. The second-order valence-corrected chi connectivity index (χ2v) is 6.36. The van der Waals surface area contributed by atoms with Gasteiger partial charge in [-0.25, -0.2) is 9.97 Å². The second-order valence-electron chi connectivity index (χ2n) is 4.71. The molecule has 0 bridgehead atoms. The van der Waals surface area contributed by atoms with Gasteiger partial charge in [-0.05, 0) is 25.1 Å². The van der Waals surface area contributed by atoms with Gasteiger partial charge in [-0.1, -0.05) is 26.0 Å². The topological polar surface area (TPSA) is 51.8 Å². The Bertz CT molecular complexity index is 550. The third-order valence-corrected chi connectivity index (χ3v) is 3.62. The molecule has 1 aromatic heterocycles. The van der Waals surface area contributed by atoms with Crippen molar-refractivity contribution in [1.29, 1.82) is 0 Å². The van der Waals surface area contributed by atoms with Crippen LogP contribution in [0.15, 0.2) is 35.2 Å². The van der Waals surface area contributed by atoms with Gasteiger partial charge in [-0.3, -0.25) is 0 Å². The van der Waals surface area contributed by atoms with Gasteiger partial charge in [0.2, 0.25) is 0 Å². The molecular weight excluding hydrogens is 254 g/mol. The molecule has 0 aliphatic carbocycles. The van der Waals surface area contributed by atoms with Crippen molar-refractivity contribution in [3.63, 3.8) is 0 Å². The first kappa shape index (κ1) is 14.0. The first-order valence-electron chi connectivity index (χ1n) is 6.40. The summed E-state index contributed by atoms with van der Waals surface area (Å²) in [6, 6.07) is 10.5. The summed E-state index contributed by atoms with van der Waals surface area (Å²) in [5.74, 6) is 0.690. The minimum absolute atomic E-state index is 0.371. The number of thioether (sulfide) groups is 1. The highest BCUT2D eigenvalue weighted by atomic mass is 32.2. The number of benzene rings is 1. The van der Waals surface area contributed by atoms with Crippen LogP contribution in [0.4, 0.5) is 0 Å². The average molecular weight is 273 g/mol. The number of aryl methyl sites for hydroxylation is 1. The average Bonchev–Trinajstić information content (AvgIpc) is 2.38. The van der Waals surface area contributed by atoms with Gasteiger partial charge in [0.25, 0.3) is 0 Å². The molecule has 0 atom stereocenters. The summed E-state index contributed by atoms with van der Waals surface area (Å²) < 4.78 is 0. The number of rotatable bonds is 4. The largest absolute Gasteiger partial charge is 0.324 e. The summed E-state index contributed by atoms with van der Waals surface area (Å²) in [4.78, 5) is 10.0. The number of nitrogens with two attached hydrogens (primary N) is 1. The molecule has 1 aromatic carbocycles. The Kier molecular flexibility index (Phi) is 4.56. The van der Waals surface area contributed by atoms with Crippen LogP contribution in [0.2, 0.25) is 0 Å². The van der Waals surface area contributed by atoms with Crippen LogP contribution in [0.1, 0.15) is 25.4 Å². The van der Waals surface area contributed by atoms with Crippen molar-refractivity contribution < 1.29 is 0 Å². The quantitative estimate of drug-likeness (QED) is 0.867. The molecular formula is C15H19N3S. The number of nitrogens with zero attached hydrogens (tertiary/aromatic N) is 2. The maximum atomic E-state index is 5.62. The number of aromatic nitrogens is 2. The van der Waals surface area contributed by atoms with Gasteiger partial charge in [-0.2, -0.15) is 0 Å². The maximum absolute atomic E-state index is 5.62. The van der Waals surface area contributed by atoms with Crippen molar-refractivity contribution in [3.8, 4) is 11.3 Å². The van der Waals surface area contributed by atoms with Crippen LogP contribution >= 0.6 is 11.8 Å². The van der Waals surface area contributed by atoms with Crippen molar-refractivity contribution in [2.24, 2.45) is 5.73 Å². The Hall–Kier alpha value is -1.39. The van der Waals surface area contributed by atoms with E-state index in [4.69, 9.17) is 5.73 Å². The molecule has 0 saturated heterocycles. The fraction of sp³-hybridized carbons (Fsp3) is 0.333. The smallest absolute Gasteiger partial charge is 0.142 e. The number of hydrogen-bond acceptors (Lipinski definition) is 4. The van der Waals surface area contributed by atoms with E-state index in [0.29, 0.717) is 17.6 Å². The monoisotopic (exact) mass is 273 g/mol. The van der Waals surface area contributed by atoms with Crippen LogP contribution in [-0.4, -0.2) is 15.2 Å². The third-order valence-electron chi connectivity index (χ3n) is 2.60. The van der Waals surface area contributed by atoms with Crippen molar-refractivity contribution in [2.75, 3.05) is 0 Å². The zero-order valence-corrected chi connectivity index (χ0v) is 12.4. The van der Waals surface area contributed by atoms with Crippen LogP contribution in [0.3, 0.4) is 0 Å². The van der Waals surface area contributed by atoms with Gasteiger partial charge >= 0.3 is 0 Å². The van der Waals surface area contributed by atoms with E-state index in [1.165, 1.54) is 4.90 Å². The molecule has 100 valence electrons. The van der Waals surface area contributed by atoms with Crippen LogP contribution < -0.4 is 5.73 Å². The lowest BCUT2D eigenvalue weighted by Crippen LogP contribution is -2.05. The lowest BCUT2D eigenvalue weighted by atomic mass is 10.1. The SMILES string of the molecule is Cc1cc(-c2ccc(SC(C)C)cc2)nc(CN)n1. The Balaban J connectivity index is 2.29. The van der Waals surface area contributed by atoms with Gasteiger partial charge < -0.3 is 5.73 Å². The van der Waals surface area contributed by atoms with Gasteiger partial charge in [0.1, 0.15) is 5.82 Å². The molecule has 2 N–H and O–H groups in total. The third kappa shape index (κ3) is 3.78. The summed E-state index contributed by atoms with van der Waals surface area (Å²) in [5.41, 5.74) is 8.61. The fourth-order valence-electron chi connectivity index (χ4n) is 1.85. The van der Waals surface area contributed by atoms with Gasteiger partial charge in [0.15, 0.2) is 0 Å². The van der Waals surface area contributed by atoms with E-state index in [1.807, 2.05) is 24.8 Å². The van der Waals surface area contributed by atoms with Crippen LogP contribution in [-0.2, 0) is 6.54 Å². The van der Waals surface area contributed by atoms with Gasteiger partial charge in [0.05, 0.1) is 12.2 Å². The molecule has 0 saturated carbocycles. The van der Waals surface area contributed by atoms with E-state index in [-0.39, 0.29) is 0 Å². The molecule has 0 amide bonds. The van der Waals surface area contributed by atoms with Gasteiger partial charge in [0, 0.05) is 21.4 Å². The summed E-state index contributed by atoms with van der Waals surface area (Å²) in [5, 5.41) is 0.594. The maximum Gasteiger partial charge on any atom is 0.142 e. The standard InChI is InChI=1S/C15H19N3S/c1-10(2)19-13-6-4-12(5-7-13)14-8-11(3)17-15(9-16)18-14/h4-8,10H,9,16H2,1-3H3. The Labute approximate surface area is 118 Å². The molecule has 0 aliphatic rings. The molecule has 0 aliphatic heterocycles. The zero-order chi connectivity index (χ0) is 13.8. The van der Waals surface area contributed by atoms with Crippen LogP contribution in [0.25, 0.3) is 11.3 Å². The summed E-state index contributed by atoms with van der Waals surface area (Å²) in [6.45, 7) is 6.73. The van der Waals surface area contributed by atoms with E-state index in [2.05, 4.69) is 48.1 Å². The Morgan fingerprint density at radius 1 is 1.16 bits per heavy atom. The highest BCUT2D eigenvalue weighted by molar-refractivity contribution is 7.99. The van der Waals surface area contributed by atoms with Crippen LogP contribution in [0.5, 0.6) is 0 Å². The zero-order valence-electron chi connectivity index (χ0n) is 11.6. The molecule has 19 heavy (non-hydrogen) atoms. The summed E-state index contributed by atoms with van der Waals surface area (Å²) in [6.07, 6.45) is 0. The molecule has 0 spiro atoms. The van der Waals surface area contributed by atoms with Crippen molar-refractivity contribution in [2.45, 2.75) is 37.5 Å². The normalized spacial score (nSPS) is 11.0. The summed E-state index contributed by atoms with van der Waals surface area (Å²) >= 11 is 1.86. The minimum atomic E-state index is 0.371. The van der Waals surface area contributed by atoms with Crippen LogP contribution in [0, 0.1) is 6.92 Å². The molecule has 1 heterocycles. The Morgan fingerprint density at radius 2 is 1.84 bits per heavy atom. The molecule has 4 heteroatoms. The Morgan fingerprint density at radius 3 is 2.42 bits per heavy atom. The van der Waals surface area contributed by atoms with E-state index in [1.54, 1.807) is 0 Å². The minimum Gasteiger partial charge on any atom is -0.324 e. The molecule has 3 nitrogen and oxygen atoms in total. The highest BCUT2D eigenvalue weighted by Crippen LogP contribution is 2.26. The molecule has 2 rings (SSSR count). The molecule has 2 aromatic rings. The fourth-order valence-corrected chi connectivity index (χ4v) is 2.68. The predicted molar refractivity (Wildman–Crippen MR) is 81.1 cm³/mol. The highest BCUT2D eigenvalue weighted by Gasteiger charge is 2.05. The van der Waals surface area contributed by atoms with Crippen molar-refractivity contribution >= 4 is 11.8 Å². The first-order chi connectivity index (χ1) is 9.08. The number of hydrogen-bond donors (Lipinski definition) is 1. The van der Waals surface area contributed by atoms with E-state index >= 15 is 0 Å². The van der Waals surface area contributed by atoms with E-state index < -0.39 is 0 Å². The molecule has 0 fully saturated rings. The predicted octanol–water partition coefficient (Wildman–Crippen LogP) is 3.41. The molecule has 0 radical (unpaired) electrons. The summed E-state index contributed by atoms with van der Waals surface area (Å²) in [7, 11) is 0. The van der Waals surface area contributed by atoms with E-state index in [9.17, 15) is 0 Å². The first-order valence-corrected chi connectivity index (χ1v) is 7.28. The lowest BCUT2D eigenvalue weighted by Gasteiger charge is -2.07. The second kappa shape index (κ2) is 6.17. The lowest BCUT2D eigenvalue weighted by molar-refractivity contribution is 0.894. The van der Waals surface area contributed by atoms with Gasteiger partial charge in [-0.15, -0.1) is 11.8 Å². The van der Waals surface area contributed by atoms with Crippen molar-refractivity contribution in [1.82, 2.24) is 9.97 Å². The van der Waals surface area contributed by atoms with Crippen molar-refractivity contribution in [3.05, 3.63) is 41.9 Å².